The standard InChI is InChI=1S/C7H7N3O3S/c8-3-1-2-4(14)5(7(9)11)6(3)10(12)13/h1-2,14H,8H2,(H2,9,11). The molecule has 0 aliphatic rings. The zero-order chi connectivity index (χ0) is 10.9. The van der Waals surface area contributed by atoms with Gasteiger partial charge in [-0.3, -0.25) is 14.9 Å². The molecule has 0 saturated heterocycles. The third-order valence-corrected chi connectivity index (χ3v) is 1.99. The minimum Gasteiger partial charge on any atom is -0.393 e. The van der Waals surface area contributed by atoms with Crippen LogP contribution >= 0.6 is 12.6 Å². The molecule has 1 amide bonds. The van der Waals surface area contributed by atoms with Gasteiger partial charge in [0, 0.05) is 4.90 Å². The second-order valence-electron chi connectivity index (χ2n) is 2.52. The summed E-state index contributed by atoms with van der Waals surface area (Å²) in [6.45, 7) is 0. The topological polar surface area (TPSA) is 112 Å². The van der Waals surface area contributed by atoms with Gasteiger partial charge in [-0.2, -0.15) is 0 Å². The van der Waals surface area contributed by atoms with Gasteiger partial charge in [0.1, 0.15) is 11.3 Å². The molecule has 4 N–H and O–H groups in total. The summed E-state index contributed by atoms with van der Waals surface area (Å²) in [6, 6.07) is 2.68. The summed E-state index contributed by atoms with van der Waals surface area (Å²) in [5.41, 5.74) is 9.45. The maximum Gasteiger partial charge on any atom is 0.305 e. The number of nitrogen functional groups attached to an aromatic ring is 1. The molecule has 0 spiro atoms. The van der Waals surface area contributed by atoms with E-state index < -0.39 is 16.5 Å². The number of benzene rings is 1. The van der Waals surface area contributed by atoms with Crippen LogP contribution in [0.15, 0.2) is 17.0 Å². The van der Waals surface area contributed by atoms with Crippen LogP contribution in [0.4, 0.5) is 11.4 Å². The van der Waals surface area contributed by atoms with E-state index in [2.05, 4.69) is 12.6 Å². The van der Waals surface area contributed by atoms with E-state index in [1.165, 1.54) is 12.1 Å². The highest BCUT2D eigenvalue weighted by atomic mass is 32.1. The van der Waals surface area contributed by atoms with E-state index in [0.717, 1.165) is 0 Å². The first-order chi connectivity index (χ1) is 6.45. The first-order valence-electron chi connectivity index (χ1n) is 3.50. The summed E-state index contributed by atoms with van der Waals surface area (Å²) < 4.78 is 0. The summed E-state index contributed by atoms with van der Waals surface area (Å²) in [5, 5.41) is 10.6. The van der Waals surface area contributed by atoms with Crippen molar-refractivity contribution in [3.05, 3.63) is 27.8 Å². The monoisotopic (exact) mass is 213 g/mol. The second kappa shape index (κ2) is 3.54. The van der Waals surface area contributed by atoms with Gasteiger partial charge in [0.05, 0.1) is 4.92 Å². The maximum absolute atomic E-state index is 10.9. The van der Waals surface area contributed by atoms with Crippen molar-refractivity contribution in [1.82, 2.24) is 0 Å². The van der Waals surface area contributed by atoms with Crippen LogP contribution in [0.2, 0.25) is 0 Å². The SMILES string of the molecule is NC(=O)c1c(S)ccc(N)c1[N+](=O)[O-]. The lowest BCUT2D eigenvalue weighted by Crippen LogP contribution is -2.15. The van der Waals surface area contributed by atoms with Gasteiger partial charge in [-0.1, -0.05) is 0 Å². The number of hydrogen-bond donors (Lipinski definition) is 3. The second-order valence-corrected chi connectivity index (χ2v) is 3.00. The first-order valence-corrected chi connectivity index (χ1v) is 3.95. The van der Waals surface area contributed by atoms with Gasteiger partial charge in [-0.05, 0) is 12.1 Å². The number of nitrogens with zero attached hydrogens (tertiary/aromatic N) is 1. The average Bonchev–Trinajstić information content (AvgIpc) is 2.07. The third-order valence-electron chi connectivity index (χ3n) is 1.62. The summed E-state index contributed by atoms with van der Waals surface area (Å²) in [5.74, 6) is -0.922. The molecule has 0 atom stereocenters. The first kappa shape index (κ1) is 10.3. The number of nitro benzene ring substituents is 1. The van der Waals surface area contributed by atoms with E-state index in [4.69, 9.17) is 11.5 Å². The summed E-state index contributed by atoms with van der Waals surface area (Å²) in [6.07, 6.45) is 0. The quantitative estimate of drug-likeness (QED) is 0.288. The van der Waals surface area contributed by atoms with E-state index in [1.54, 1.807) is 0 Å². The van der Waals surface area contributed by atoms with E-state index in [0.29, 0.717) is 0 Å². The van der Waals surface area contributed by atoms with Crippen molar-refractivity contribution < 1.29 is 9.72 Å². The Hall–Kier alpha value is -1.76. The minimum atomic E-state index is -0.922. The van der Waals surface area contributed by atoms with Crippen LogP contribution < -0.4 is 11.5 Å². The molecule has 0 saturated carbocycles. The normalized spacial score (nSPS) is 9.79. The number of carbonyl (C=O) groups is 1. The largest absolute Gasteiger partial charge is 0.393 e. The zero-order valence-electron chi connectivity index (χ0n) is 6.93. The van der Waals surface area contributed by atoms with Crippen molar-refractivity contribution in [1.29, 1.82) is 0 Å². The van der Waals surface area contributed by atoms with Crippen molar-refractivity contribution in [3.8, 4) is 0 Å². The highest BCUT2D eigenvalue weighted by molar-refractivity contribution is 7.80. The smallest absolute Gasteiger partial charge is 0.305 e. The fourth-order valence-corrected chi connectivity index (χ4v) is 1.33. The molecular formula is C7H7N3O3S. The lowest BCUT2D eigenvalue weighted by Gasteiger charge is -2.04. The number of thiol groups is 1. The van der Waals surface area contributed by atoms with Gasteiger partial charge in [-0.25, -0.2) is 0 Å². The molecule has 0 aliphatic heterocycles. The number of nitrogens with two attached hydrogens (primary N) is 2. The lowest BCUT2D eigenvalue weighted by molar-refractivity contribution is -0.384. The Balaban J connectivity index is 3.58. The number of anilines is 1. The molecule has 7 heteroatoms. The Bertz CT molecular complexity index is 380. The number of rotatable bonds is 2. The van der Waals surface area contributed by atoms with Gasteiger partial charge >= 0.3 is 5.69 Å². The Labute approximate surface area is 84.4 Å². The molecule has 1 aromatic rings. The molecule has 0 radical (unpaired) electrons. The van der Waals surface area contributed by atoms with Gasteiger partial charge in [0.15, 0.2) is 0 Å². The number of hydrogen-bond acceptors (Lipinski definition) is 5. The van der Waals surface area contributed by atoms with Gasteiger partial charge in [0.25, 0.3) is 5.91 Å². The van der Waals surface area contributed by atoms with E-state index in [-0.39, 0.29) is 16.1 Å². The van der Waals surface area contributed by atoms with Crippen LogP contribution in [0.5, 0.6) is 0 Å². The molecule has 0 aliphatic carbocycles. The third kappa shape index (κ3) is 1.62. The van der Waals surface area contributed by atoms with Crippen molar-refractivity contribution in [3.63, 3.8) is 0 Å². The van der Waals surface area contributed by atoms with E-state index in [9.17, 15) is 14.9 Å². The van der Waals surface area contributed by atoms with Crippen molar-refractivity contribution in [2.24, 2.45) is 5.73 Å². The molecular weight excluding hydrogens is 206 g/mol. The average molecular weight is 213 g/mol. The van der Waals surface area contributed by atoms with Crippen LogP contribution in [0, 0.1) is 10.1 Å². The molecule has 6 nitrogen and oxygen atoms in total. The predicted octanol–water partition coefficient (Wildman–Crippen LogP) is 0.565. The fraction of sp³-hybridized carbons (Fsp3) is 0. The lowest BCUT2D eigenvalue weighted by atomic mass is 10.1. The van der Waals surface area contributed by atoms with Gasteiger partial charge < -0.3 is 11.5 Å². The molecule has 0 fully saturated rings. The van der Waals surface area contributed by atoms with Crippen LogP contribution in [0.1, 0.15) is 10.4 Å². The number of amides is 1. The highest BCUT2D eigenvalue weighted by Gasteiger charge is 2.24. The summed E-state index contributed by atoms with van der Waals surface area (Å²) in [4.78, 5) is 20.9. The van der Waals surface area contributed by atoms with Gasteiger partial charge in [0.2, 0.25) is 0 Å². The van der Waals surface area contributed by atoms with Crippen molar-refractivity contribution >= 4 is 29.9 Å². The van der Waals surface area contributed by atoms with E-state index in [1.807, 2.05) is 0 Å². The van der Waals surface area contributed by atoms with Crippen LogP contribution in [0.25, 0.3) is 0 Å². The number of carbonyl (C=O) groups excluding carboxylic acids is 1. The Morgan fingerprint density at radius 2 is 2.07 bits per heavy atom. The predicted molar refractivity (Wildman–Crippen MR) is 53.3 cm³/mol. The Kier molecular flexibility index (Phi) is 2.61. The fourth-order valence-electron chi connectivity index (χ4n) is 1.04. The molecule has 0 aromatic heterocycles. The van der Waals surface area contributed by atoms with Gasteiger partial charge in [-0.15, -0.1) is 12.6 Å². The van der Waals surface area contributed by atoms with Crippen LogP contribution in [0.3, 0.4) is 0 Å². The Morgan fingerprint density at radius 1 is 1.50 bits per heavy atom. The number of primary amides is 1. The maximum atomic E-state index is 10.9. The van der Waals surface area contributed by atoms with Crippen molar-refractivity contribution in [2.45, 2.75) is 4.90 Å². The zero-order valence-corrected chi connectivity index (χ0v) is 7.82. The number of nitro groups is 1. The highest BCUT2D eigenvalue weighted by Crippen LogP contribution is 2.30. The minimum absolute atomic E-state index is 0.110. The summed E-state index contributed by atoms with van der Waals surface area (Å²) >= 11 is 3.89. The van der Waals surface area contributed by atoms with Crippen LogP contribution in [-0.4, -0.2) is 10.8 Å². The van der Waals surface area contributed by atoms with Crippen molar-refractivity contribution in [2.75, 3.05) is 5.73 Å². The Morgan fingerprint density at radius 3 is 2.43 bits per heavy atom. The summed E-state index contributed by atoms with van der Waals surface area (Å²) in [7, 11) is 0. The molecule has 1 aromatic carbocycles. The molecule has 14 heavy (non-hydrogen) atoms. The molecule has 1 rings (SSSR count). The molecule has 0 bridgehead atoms. The molecule has 0 unspecified atom stereocenters. The molecule has 74 valence electrons. The molecule has 0 heterocycles. The van der Waals surface area contributed by atoms with Crippen LogP contribution in [-0.2, 0) is 0 Å². The van der Waals surface area contributed by atoms with E-state index >= 15 is 0 Å².